The Labute approximate surface area is 112 Å². The number of nitrogens with zero attached hydrogens (tertiary/aromatic N) is 2. The van der Waals surface area contributed by atoms with E-state index in [1.54, 1.807) is 10.9 Å². The third-order valence-electron chi connectivity index (χ3n) is 1.87. The van der Waals surface area contributed by atoms with E-state index in [2.05, 4.69) is 10.2 Å². The lowest BCUT2D eigenvalue weighted by atomic mass is 10.0. The Balaban J connectivity index is 5.00. The van der Waals surface area contributed by atoms with Gasteiger partial charge < -0.3 is 31.9 Å². The molecule has 4 amide bonds. The highest BCUT2D eigenvalue weighted by Crippen LogP contribution is 2.01. The Morgan fingerprint density at radius 3 is 2.15 bits per heavy atom. The van der Waals surface area contributed by atoms with Crippen molar-refractivity contribution in [2.24, 2.45) is 21.7 Å². The van der Waals surface area contributed by atoms with E-state index in [9.17, 15) is 24.9 Å². The highest BCUT2D eigenvalue weighted by molar-refractivity contribution is 6.32. The van der Waals surface area contributed by atoms with E-state index in [-0.39, 0.29) is 0 Å². The highest BCUT2D eigenvalue weighted by Gasteiger charge is 2.28. The number of nitrogens with two attached hydrogens (primary N) is 2. The van der Waals surface area contributed by atoms with Crippen LogP contribution in [-0.2, 0) is 0 Å². The first-order valence-electron chi connectivity index (χ1n) is 5.16. The third kappa shape index (κ3) is 6.60. The summed E-state index contributed by atoms with van der Waals surface area (Å²) in [5, 5.41) is 43.5. The van der Waals surface area contributed by atoms with Gasteiger partial charge in [0.15, 0.2) is 0 Å². The summed E-state index contributed by atoms with van der Waals surface area (Å²) >= 11 is 0. The molecule has 0 radical (unpaired) electrons. The molecule has 0 aliphatic heterocycles. The Kier molecular flexibility index (Phi) is 7.76. The number of hydrogen-bond acceptors (Lipinski definition) is 8. The molecule has 114 valence electrons. The maximum absolute atomic E-state index is 10.5. The Hall–Kier alpha value is -2.28. The smallest absolute Gasteiger partial charge is 0.332 e. The van der Waals surface area contributed by atoms with Crippen LogP contribution in [-0.4, -0.2) is 69.3 Å². The molecule has 0 aromatic heterocycles. The van der Waals surface area contributed by atoms with Crippen molar-refractivity contribution in [2.45, 2.75) is 18.3 Å². The van der Waals surface area contributed by atoms with Crippen LogP contribution in [0.2, 0.25) is 0 Å². The number of carbonyl (C=O) groups is 2. The van der Waals surface area contributed by atoms with Gasteiger partial charge in [-0.25, -0.2) is 20.4 Å². The van der Waals surface area contributed by atoms with Gasteiger partial charge in [0.1, 0.15) is 24.0 Å². The molecule has 0 aromatic rings. The molecule has 0 aliphatic rings. The number of nitrogens with one attached hydrogen (secondary N) is 2. The van der Waals surface area contributed by atoms with Gasteiger partial charge >= 0.3 is 12.1 Å². The quantitative estimate of drug-likeness (QED) is 0.171. The Morgan fingerprint density at radius 2 is 1.70 bits per heavy atom. The lowest BCUT2D eigenvalue weighted by Gasteiger charge is -2.21. The van der Waals surface area contributed by atoms with Crippen LogP contribution in [0.5, 0.6) is 0 Å². The van der Waals surface area contributed by atoms with Crippen molar-refractivity contribution in [3.63, 3.8) is 0 Å². The average Bonchev–Trinajstić information content (AvgIpc) is 2.39. The number of aliphatic hydroxyl groups excluding tert-OH is 4. The zero-order chi connectivity index (χ0) is 15.7. The molecule has 12 heteroatoms. The topological polar surface area (TPSA) is 216 Å². The van der Waals surface area contributed by atoms with E-state index in [1.165, 1.54) is 0 Å². The fourth-order valence-electron chi connectivity index (χ4n) is 0.946. The second-order valence-corrected chi connectivity index (χ2v) is 3.43. The van der Waals surface area contributed by atoms with Crippen LogP contribution < -0.4 is 22.3 Å². The Bertz CT molecular complexity index is 399. The number of aliphatic hydroxyl groups is 4. The van der Waals surface area contributed by atoms with Crippen LogP contribution in [0.15, 0.2) is 10.2 Å². The molecule has 0 aromatic carbocycles. The van der Waals surface area contributed by atoms with E-state index < -0.39 is 42.7 Å². The second kappa shape index (κ2) is 8.76. The first-order chi connectivity index (χ1) is 9.29. The van der Waals surface area contributed by atoms with E-state index >= 15 is 0 Å². The standard InChI is InChI=1S/C8H16N6O6/c9-7(19)13-11-1-3(12-14-8(10)20)5(17)6(18)4(16)2-15/h1,4-6,15-18H,2H2,(H3,9,13,19)(H3,10,14,20)/b11-1+,12-3-/t4-,5-,6+/m1/s1. The summed E-state index contributed by atoms with van der Waals surface area (Å²) in [6.07, 6.45) is -4.57. The first-order valence-corrected chi connectivity index (χ1v) is 5.16. The molecule has 12 nitrogen and oxygen atoms in total. The number of primary amides is 2. The van der Waals surface area contributed by atoms with Gasteiger partial charge in [-0.1, -0.05) is 0 Å². The molecular weight excluding hydrogens is 276 g/mol. The zero-order valence-corrected chi connectivity index (χ0v) is 10.2. The van der Waals surface area contributed by atoms with E-state index in [4.69, 9.17) is 16.6 Å². The molecule has 0 fully saturated rings. The minimum Gasteiger partial charge on any atom is -0.394 e. The molecule has 0 unspecified atom stereocenters. The number of hydrazone groups is 2. The van der Waals surface area contributed by atoms with Crippen molar-refractivity contribution in [1.29, 1.82) is 0 Å². The van der Waals surface area contributed by atoms with Crippen LogP contribution in [0.3, 0.4) is 0 Å². The van der Waals surface area contributed by atoms with Gasteiger partial charge in [0.05, 0.1) is 12.8 Å². The van der Waals surface area contributed by atoms with Crippen molar-refractivity contribution in [1.82, 2.24) is 10.9 Å². The predicted molar refractivity (Wildman–Crippen MR) is 66.5 cm³/mol. The minimum atomic E-state index is -1.83. The van der Waals surface area contributed by atoms with Crippen LogP contribution in [0, 0.1) is 0 Å². The van der Waals surface area contributed by atoms with Crippen LogP contribution >= 0.6 is 0 Å². The molecule has 0 spiro atoms. The van der Waals surface area contributed by atoms with Gasteiger partial charge in [-0.05, 0) is 0 Å². The zero-order valence-electron chi connectivity index (χ0n) is 10.2. The molecule has 0 heterocycles. The van der Waals surface area contributed by atoms with Crippen molar-refractivity contribution in [3.05, 3.63) is 0 Å². The number of amides is 4. The summed E-state index contributed by atoms with van der Waals surface area (Å²) in [6.45, 7) is -0.828. The fraction of sp³-hybridized carbons (Fsp3) is 0.500. The van der Waals surface area contributed by atoms with Gasteiger partial charge in [0.2, 0.25) is 0 Å². The van der Waals surface area contributed by atoms with Crippen LogP contribution in [0.25, 0.3) is 0 Å². The summed E-state index contributed by atoms with van der Waals surface area (Å²) < 4.78 is 0. The summed E-state index contributed by atoms with van der Waals surface area (Å²) in [5.74, 6) is 0. The molecular formula is C8H16N6O6. The normalized spacial score (nSPS) is 16.5. The fourth-order valence-corrected chi connectivity index (χ4v) is 0.946. The predicted octanol–water partition coefficient (Wildman–Crippen LogP) is -4.26. The van der Waals surface area contributed by atoms with Gasteiger partial charge in [0, 0.05) is 0 Å². The average molecular weight is 292 g/mol. The second-order valence-electron chi connectivity index (χ2n) is 3.43. The molecule has 0 bridgehead atoms. The van der Waals surface area contributed by atoms with Crippen LogP contribution in [0.4, 0.5) is 9.59 Å². The van der Waals surface area contributed by atoms with Crippen molar-refractivity contribution in [3.8, 4) is 0 Å². The van der Waals surface area contributed by atoms with Crippen molar-refractivity contribution >= 4 is 24.0 Å². The van der Waals surface area contributed by atoms with Gasteiger partial charge in [-0.15, -0.1) is 0 Å². The largest absolute Gasteiger partial charge is 0.394 e. The first kappa shape index (κ1) is 17.7. The highest BCUT2D eigenvalue weighted by atomic mass is 16.4. The SMILES string of the molecule is NC(=O)N/N=C(/C=N/NC(N)=O)[C@@H](O)[C@@H](O)[C@H](O)CO. The van der Waals surface area contributed by atoms with Crippen LogP contribution in [0.1, 0.15) is 0 Å². The van der Waals surface area contributed by atoms with E-state index in [1.807, 2.05) is 0 Å². The maximum Gasteiger partial charge on any atom is 0.332 e. The van der Waals surface area contributed by atoms with Gasteiger partial charge in [0.25, 0.3) is 0 Å². The lowest BCUT2D eigenvalue weighted by molar-refractivity contribution is -0.0549. The monoisotopic (exact) mass is 292 g/mol. The summed E-state index contributed by atoms with van der Waals surface area (Å²) in [5.41, 5.74) is 12.6. The molecule has 0 saturated carbocycles. The Morgan fingerprint density at radius 1 is 1.15 bits per heavy atom. The number of urea groups is 2. The number of rotatable bonds is 7. The van der Waals surface area contributed by atoms with Crippen molar-refractivity contribution < 1.29 is 30.0 Å². The molecule has 0 saturated heterocycles. The third-order valence-corrected chi connectivity index (χ3v) is 1.87. The molecule has 0 aliphatic carbocycles. The lowest BCUT2D eigenvalue weighted by Crippen LogP contribution is -2.45. The van der Waals surface area contributed by atoms with E-state index in [0.29, 0.717) is 0 Å². The maximum atomic E-state index is 10.5. The van der Waals surface area contributed by atoms with Crippen molar-refractivity contribution in [2.75, 3.05) is 6.61 Å². The van der Waals surface area contributed by atoms with Gasteiger partial charge in [-0.2, -0.15) is 10.2 Å². The number of hydrogen-bond donors (Lipinski definition) is 8. The molecule has 0 rings (SSSR count). The minimum absolute atomic E-state index is 0.461. The summed E-state index contributed by atoms with van der Waals surface area (Å²) in [7, 11) is 0. The van der Waals surface area contributed by atoms with Gasteiger partial charge in [-0.3, -0.25) is 0 Å². The number of carbonyl (C=O) groups excluding carboxylic acids is 2. The molecule has 20 heavy (non-hydrogen) atoms. The molecule has 10 N–H and O–H groups in total. The summed E-state index contributed by atoms with van der Waals surface area (Å²) in [4.78, 5) is 20.9. The molecule has 3 atom stereocenters. The van der Waals surface area contributed by atoms with E-state index in [0.717, 1.165) is 6.21 Å². The summed E-state index contributed by atoms with van der Waals surface area (Å²) in [6, 6.07) is -2.07.